The van der Waals surface area contributed by atoms with E-state index in [2.05, 4.69) is 28.4 Å². The van der Waals surface area contributed by atoms with Gasteiger partial charge in [-0.25, -0.2) is 9.67 Å². The molecule has 0 bridgehead atoms. The molecule has 0 saturated heterocycles. The normalized spacial score (nSPS) is 12.2. The molecule has 28 heavy (non-hydrogen) atoms. The average Bonchev–Trinajstić information content (AvgIpc) is 3.26. The number of hydrogen-bond acceptors (Lipinski definition) is 3. The van der Waals surface area contributed by atoms with E-state index in [1.165, 1.54) is 0 Å². The highest BCUT2D eigenvalue weighted by Crippen LogP contribution is 2.22. The second kappa shape index (κ2) is 7.31. The van der Waals surface area contributed by atoms with E-state index in [9.17, 15) is 4.79 Å². The lowest BCUT2D eigenvalue weighted by atomic mass is 10.1. The second-order valence-electron chi connectivity index (χ2n) is 7.03. The SMILES string of the molecule is Cc1ccccc1-n1ncc([C@H](C)NC(=O)Cn2cnc3ccccc32)c1C. The first-order valence-electron chi connectivity index (χ1n) is 9.34. The molecular weight excluding hydrogens is 350 g/mol. The number of nitrogens with one attached hydrogen (secondary N) is 1. The van der Waals surface area contributed by atoms with Gasteiger partial charge < -0.3 is 9.88 Å². The van der Waals surface area contributed by atoms with Gasteiger partial charge in [-0.3, -0.25) is 4.79 Å². The van der Waals surface area contributed by atoms with Crippen molar-refractivity contribution in [1.29, 1.82) is 0 Å². The van der Waals surface area contributed by atoms with Gasteiger partial charge >= 0.3 is 0 Å². The molecule has 0 radical (unpaired) electrons. The molecule has 0 aliphatic rings. The minimum atomic E-state index is -0.139. The number of rotatable bonds is 5. The number of carbonyl (C=O) groups is 1. The standard InChI is InChI=1S/C22H23N5O/c1-15-8-4-6-10-20(15)27-17(3)18(12-24-27)16(2)25-22(28)13-26-14-23-19-9-5-7-11-21(19)26/h4-12,14,16H,13H2,1-3H3,(H,25,28)/t16-/m0/s1. The zero-order valence-electron chi connectivity index (χ0n) is 16.3. The van der Waals surface area contributed by atoms with Crippen LogP contribution in [0.2, 0.25) is 0 Å². The van der Waals surface area contributed by atoms with Crippen LogP contribution in [-0.2, 0) is 11.3 Å². The number of fused-ring (bicyclic) bond motifs is 1. The van der Waals surface area contributed by atoms with Crippen LogP contribution >= 0.6 is 0 Å². The molecule has 142 valence electrons. The molecule has 0 spiro atoms. The maximum atomic E-state index is 12.6. The van der Waals surface area contributed by atoms with Crippen molar-refractivity contribution in [3.05, 3.63) is 77.9 Å². The zero-order valence-corrected chi connectivity index (χ0v) is 16.3. The Balaban J connectivity index is 1.50. The van der Waals surface area contributed by atoms with Crippen molar-refractivity contribution < 1.29 is 4.79 Å². The molecule has 2 heterocycles. The molecule has 1 N–H and O–H groups in total. The van der Waals surface area contributed by atoms with Crippen LogP contribution in [0.15, 0.2) is 61.1 Å². The van der Waals surface area contributed by atoms with Crippen molar-refractivity contribution in [2.24, 2.45) is 0 Å². The van der Waals surface area contributed by atoms with Crippen LogP contribution in [0.5, 0.6) is 0 Å². The maximum absolute atomic E-state index is 12.6. The lowest BCUT2D eigenvalue weighted by Crippen LogP contribution is -2.30. The van der Waals surface area contributed by atoms with Gasteiger partial charge in [-0.05, 0) is 44.5 Å². The first-order chi connectivity index (χ1) is 13.5. The largest absolute Gasteiger partial charge is 0.348 e. The summed E-state index contributed by atoms with van der Waals surface area (Å²) in [6.07, 6.45) is 3.54. The summed E-state index contributed by atoms with van der Waals surface area (Å²) in [6, 6.07) is 15.8. The number of imidazole rings is 1. The first-order valence-corrected chi connectivity index (χ1v) is 9.34. The third-order valence-electron chi connectivity index (χ3n) is 5.08. The number of aromatic nitrogens is 4. The van der Waals surface area contributed by atoms with Crippen molar-refractivity contribution in [3.63, 3.8) is 0 Å². The van der Waals surface area contributed by atoms with Gasteiger partial charge in [0.1, 0.15) is 6.54 Å². The fourth-order valence-electron chi connectivity index (χ4n) is 3.55. The molecule has 0 aliphatic heterocycles. The molecule has 4 aromatic rings. The number of hydrogen-bond donors (Lipinski definition) is 1. The Bertz CT molecular complexity index is 1140. The predicted octanol–water partition coefficient (Wildman–Crippen LogP) is 3.72. The third-order valence-corrected chi connectivity index (χ3v) is 5.08. The van der Waals surface area contributed by atoms with Crippen LogP contribution in [0.1, 0.15) is 29.8 Å². The van der Waals surface area contributed by atoms with Gasteiger partial charge in [-0.1, -0.05) is 30.3 Å². The minimum Gasteiger partial charge on any atom is -0.348 e. The summed E-state index contributed by atoms with van der Waals surface area (Å²) in [7, 11) is 0. The van der Waals surface area contributed by atoms with Crippen LogP contribution in [0.25, 0.3) is 16.7 Å². The van der Waals surface area contributed by atoms with E-state index >= 15 is 0 Å². The second-order valence-corrected chi connectivity index (χ2v) is 7.03. The molecule has 4 rings (SSSR count). The number of nitrogens with zero attached hydrogens (tertiary/aromatic N) is 4. The van der Waals surface area contributed by atoms with Crippen LogP contribution in [-0.4, -0.2) is 25.2 Å². The Morgan fingerprint density at radius 1 is 1.11 bits per heavy atom. The Labute approximate surface area is 163 Å². The Hall–Kier alpha value is -3.41. The van der Waals surface area contributed by atoms with Gasteiger partial charge in [0.25, 0.3) is 0 Å². The van der Waals surface area contributed by atoms with E-state index in [1.54, 1.807) is 6.33 Å². The van der Waals surface area contributed by atoms with Crippen LogP contribution in [0.4, 0.5) is 0 Å². The highest BCUT2D eigenvalue weighted by atomic mass is 16.2. The Morgan fingerprint density at radius 3 is 2.68 bits per heavy atom. The highest BCUT2D eigenvalue weighted by molar-refractivity contribution is 5.80. The fraction of sp³-hybridized carbons (Fsp3) is 0.227. The number of para-hydroxylation sites is 3. The lowest BCUT2D eigenvalue weighted by Gasteiger charge is -2.15. The summed E-state index contributed by atoms with van der Waals surface area (Å²) in [6.45, 7) is 6.31. The third kappa shape index (κ3) is 3.29. The fourth-order valence-corrected chi connectivity index (χ4v) is 3.55. The number of amides is 1. The van der Waals surface area contributed by atoms with E-state index in [-0.39, 0.29) is 18.5 Å². The van der Waals surface area contributed by atoms with Gasteiger partial charge in [0.05, 0.1) is 35.3 Å². The smallest absolute Gasteiger partial charge is 0.240 e. The summed E-state index contributed by atoms with van der Waals surface area (Å²) >= 11 is 0. The van der Waals surface area contributed by atoms with Gasteiger partial charge in [0.15, 0.2) is 0 Å². The number of carbonyl (C=O) groups excluding carboxylic acids is 1. The minimum absolute atomic E-state index is 0.0568. The molecule has 1 amide bonds. The van der Waals surface area contributed by atoms with Crippen molar-refractivity contribution >= 4 is 16.9 Å². The first kappa shape index (κ1) is 18.0. The monoisotopic (exact) mass is 373 g/mol. The summed E-state index contributed by atoms with van der Waals surface area (Å²) in [5.74, 6) is -0.0568. The maximum Gasteiger partial charge on any atom is 0.240 e. The van der Waals surface area contributed by atoms with Crippen molar-refractivity contribution in [2.75, 3.05) is 0 Å². The Kier molecular flexibility index (Phi) is 4.69. The number of aryl methyl sites for hydroxylation is 1. The van der Waals surface area contributed by atoms with E-state index < -0.39 is 0 Å². The molecule has 0 unspecified atom stereocenters. The van der Waals surface area contributed by atoms with Gasteiger partial charge in [-0.15, -0.1) is 0 Å². The molecule has 6 nitrogen and oxygen atoms in total. The van der Waals surface area contributed by atoms with Crippen LogP contribution in [0, 0.1) is 13.8 Å². The van der Waals surface area contributed by atoms with Crippen molar-refractivity contribution in [1.82, 2.24) is 24.6 Å². The summed E-state index contributed by atoms with van der Waals surface area (Å²) in [4.78, 5) is 16.9. The molecule has 1 atom stereocenters. The average molecular weight is 373 g/mol. The molecule has 2 aromatic carbocycles. The topological polar surface area (TPSA) is 64.7 Å². The highest BCUT2D eigenvalue weighted by Gasteiger charge is 2.17. The number of benzene rings is 2. The van der Waals surface area contributed by atoms with E-state index in [0.29, 0.717) is 0 Å². The lowest BCUT2D eigenvalue weighted by molar-refractivity contribution is -0.122. The van der Waals surface area contributed by atoms with Crippen LogP contribution < -0.4 is 5.32 Å². The van der Waals surface area contributed by atoms with Crippen LogP contribution in [0.3, 0.4) is 0 Å². The van der Waals surface area contributed by atoms with Gasteiger partial charge in [-0.2, -0.15) is 5.10 Å². The Morgan fingerprint density at radius 2 is 1.86 bits per heavy atom. The van der Waals surface area contributed by atoms with Crippen molar-refractivity contribution in [2.45, 2.75) is 33.4 Å². The molecular formula is C22H23N5O. The summed E-state index contributed by atoms with van der Waals surface area (Å²) in [5.41, 5.74) is 6.08. The van der Waals surface area contributed by atoms with E-state index in [0.717, 1.165) is 33.5 Å². The van der Waals surface area contributed by atoms with Gasteiger partial charge in [0, 0.05) is 11.3 Å². The molecule has 0 saturated carbocycles. The summed E-state index contributed by atoms with van der Waals surface area (Å²) in [5, 5.41) is 7.62. The van der Waals surface area contributed by atoms with Crippen molar-refractivity contribution in [3.8, 4) is 5.69 Å². The molecule has 6 heteroatoms. The molecule has 0 aliphatic carbocycles. The van der Waals surface area contributed by atoms with E-state index in [1.807, 2.05) is 71.8 Å². The van der Waals surface area contributed by atoms with E-state index in [4.69, 9.17) is 0 Å². The predicted molar refractivity (Wildman–Crippen MR) is 109 cm³/mol. The molecule has 2 aromatic heterocycles. The van der Waals surface area contributed by atoms with Gasteiger partial charge in [0.2, 0.25) is 5.91 Å². The quantitative estimate of drug-likeness (QED) is 0.580. The summed E-state index contributed by atoms with van der Waals surface area (Å²) < 4.78 is 3.79. The zero-order chi connectivity index (χ0) is 19.7. The molecule has 0 fully saturated rings.